The van der Waals surface area contributed by atoms with Gasteiger partial charge in [0.05, 0.1) is 11.3 Å². The van der Waals surface area contributed by atoms with E-state index < -0.39 is 0 Å². The van der Waals surface area contributed by atoms with E-state index in [2.05, 4.69) is 29.3 Å². The zero-order valence-electron chi connectivity index (χ0n) is 17.7. The Morgan fingerprint density at radius 1 is 0.759 bits per heavy atom. The summed E-state index contributed by atoms with van der Waals surface area (Å²) < 4.78 is 0. The Balaban J connectivity index is 1.64. The number of nitrogens with one attached hydrogen (secondary N) is 1. The molecule has 1 N–H and O–H groups in total. The van der Waals surface area contributed by atoms with Crippen LogP contribution in [0.15, 0.2) is 48.5 Å². The highest BCUT2D eigenvalue weighted by Crippen LogP contribution is 2.33. The first-order chi connectivity index (χ1) is 14.2. The molecule has 154 valence electrons. The Morgan fingerprint density at radius 3 is 1.86 bits per heavy atom. The first-order valence-electron chi connectivity index (χ1n) is 11.5. The molecule has 0 spiro atoms. The van der Waals surface area contributed by atoms with Crippen LogP contribution in [0.4, 0.5) is 11.4 Å². The van der Waals surface area contributed by atoms with Crippen molar-refractivity contribution in [1.29, 1.82) is 0 Å². The fourth-order valence-electron chi connectivity index (χ4n) is 5.12. The summed E-state index contributed by atoms with van der Waals surface area (Å²) >= 11 is 0. The molecule has 2 aliphatic rings. The largest absolute Gasteiger partial charge is 0.355 e. The van der Waals surface area contributed by atoms with Crippen LogP contribution in [0.25, 0.3) is 0 Å². The van der Waals surface area contributed by atoms with E-state index in [1.54, 1.807) is 0 Å². The van der Waals surface area contributed by atoms with Gasteiger partial charge in [0.15, 0.2) is 0 Å². The number of amides is 1. The molecule has 0 unspecified atom stereocenters. The van der Waals surface area contributed by atoms with Crippen LogP contribution in [0, 0.1) is 6.92 Å². The van der Waals surface area contributed by atoms with Gasteiger partial charge in [0.2, 0.25) is 0 Å². The number of aryl methyl sites for hydroxylation is 1. The Morgan fingerprint density at radius 2 is 1.28 bits per heavy atom. The molecule has 2 aromatic carbocycles. The van der Waals surface area contributed by atoms with Gasteiger partial charge in [-0.15, -0.1) is 0 Å². The summed E-state index contributed by atoms with van der Waals surface area (Å²) in [4.78, 5) is 16.2. The van der Waals surface area contributed by atoms with Crippen molar-refractivity contribution in [2.24, 2.45) is 0 Å². The summed E-state index contributed by atoms with van der Waals surface area (Å²) in [6, 6.07) is 17.1. The van der Waals surface area contributed by atoms with Crippen LogP contribution in [0.5, 0.6) is 0 Å². The first kappa shape index (κ1) is 20.0. The van der Waals surface area contributed by atoms with Gasteiger partial charge in [-0.1, -0.05) is 68.9 Å². The standard InChI is InChI=1S/C26H34N2O/c1-20-12-8-10-18-24(20)27-25-19-11-9-17-23(25)26(29)28(21-13-4-2-5-14-21)22-15-6-3-7-16-22/h8-12,17-19,21-22,27H,2-7,13-16H2,1H3. The summed E-state index contributed by atoms with van der Waals surface area (Å²) in [6.45, 7) is 2.10. The highest BCUT2D eigenvalue weighted by molar-refractivity contribution is 6.00. The third-order valence-electron chi connectivity index (χ3n) is 6.74. The lowest BCUT2D eigenvalue weighted by Gasteiger charge is -2.42. The number of carbonyl (C=O) groups is 1. The fourth-order valence-corrected chi connectivity index (χ4v) is 5.12. The molecule has 0 atom stereocenters. The highest BCUT2D eigenvalue weighted by Gasteiger charge is 2.33. The summed E-state index contributed by atoms with van der Waals surface area (Å²) in [6.07, 6.45) is 12.3. The number of rotatable bonds is 5. The lowest BCUT2D eigenvalue weighted by Crippen LogP contribution is -2.48. The third kappa shape index (κ3) is 4.66. The van der Waals surface area contributed by atoms with E-state index >= 15 is 0 Å². The topological polar surface area (TPSA) is 32.3 Å². The molecule has 2 aromatic rings. The number of carbonyl (C=O) groups excluding carboxylic acids is 1. The highest BCUT2D eigenvalue weighted by atomic mass is 16.2. The Kier molecular flexibility index (Phi) is 6.53. The number of hydrogen-bond acceptors (Lipinski definition) is 2. The summed E-state index contributed by atoms with van der Waals surface area (Å²) in [5, 5.41) is 3.53. The van der Waals surface area contributed by atoms with Gasteiger partial charge in [-0.3, -0.25) is 4.79 Å². The minimum absolute atomic E-state index is 0.223. The summed E-state index contributed by atoms with van der Waals surface area (Å²) in [7, 11) is 0. The van der Waals surface area contributed by atoms with E-state index in [9.17, 15) is 4.79 Å². The van der Waals surface area contributed by atoms with Crippen LogP contribution in [0.2, 0.25) is 0 Å². The zero-order valence-corrected chi connectivity index (χ0v) is 17.7. The van der Waals surface area contributed by atoms with Gasteiger partial charge in [-0.25, -0.2) is 0 Å². The predicted molar refractivity (Wildman–Crippen MR) is 121 cm³/mol. The molecule has 0 aliphatic heterocycles. The van der Waals surface area contributed by atoms with Crippen LogP contribution in [-0.2, 0) is 0 Å². The molecule has 1 amide bonds. The average molecular weight is 391 g/mol. The van der Waals surface area contributed by atoms with Gasteiger partial charge in [-0.05, 0) is 56.4 Å². The maximum Gasteiger partial charge on any atom is 0.256 e. The Hall–Kier alpha value is -2.29. The van der Waals surface area contributed by atoms with Gasteiger partial charge in [0.25, 0.3) is 5.91 Å². The SMILES string of the molecule is Cc1ccccc1Nc1ccccc1C(=O)N(C1CCCCC1)C1CCCCC1. The molecule has 3 heteroatoms. The van der Waals surface area contributed by atoms with Gasteiger partial charge in [-0.2, -0.15) is 0 Å². The van der Waals surface area contributed by atoms with Gasteiger partial charge in [0, 0.05) is 17.8 Å². The van der Waals surface area contributed by atoms with Crippen molar-refractivity contribution in [3.8, 4) is 0 Å². The van der Waals surface area contributed by atoms with Crippen LogP contribution in [0.1, 0.15) is 80.1 Å². The number of nitrogens with zero attached hydrogens (tertiary/aromatic N) is 1. The smallest absolute Gasteiger partial charge is 0.256 e. The van der Waals surface area contributed by atoms with Crippen molar-refractivity contribution in [1.82, 2.24) is 4.90 Å². The van der Waals surface area contributed by atoms with Crippen LogP contribution >= 0.6 is 0 Å². The van der Waals surface area contributed by atoms with E-state index in [0.717, 1.165) is 42.6 Å². The molecule has 2 saturated carbocycles. The molecule has 0 bridgehead atoms. The average Bonchev–Trinajstić information content (AvgIpc) is 2.77. The van der Waals surface area contributed by atoms with E-state index in [0.29, 0.717) is 12.1 Å². The van der Waals surface area contributed by atoms with Gasteiger partial charge in [0.1, 0.15) is 0 Å². The molecule has 2 aliphatic carbocycles. The van der Waals surface area contributed by atoms with Crippen LogP contribution in [0.3, 0.4) is 0 Å². The van der Waals surface area contributed by atoms with Crippen molar-refractivity contribution in [2.45, 2.75) is 83.2 Å². The van der Waals surface area contributed by atoms with Gasteiger partial charge >= 0.3 is 0 Å². The Labute approximate surface area is 175 Å². The minimum Gasteiger partial charge on any atom is -0.355 e. The molecule has 0 aromatic heterocycles. The molecule has 0 heterocycles. The molecule has 2 fully saturated rings. The second-order valence-electron chi connectivity index (χ2n) is 8.78. The molecule has 0 saturated heterocycles. The molecular weight excluding hydrogens is 356 g/mol. The number of anilines is 2. The molecule has 4 rings (SSSR count). The molecule has 0 radical (unpaired) electrons. The molecule has 29 heavy (non-hydrogen) atoms. The van der Waals surface area contributed by atoms with Crippen molar-refractivity contribution >= 4 is 17.3 Å². The van der Waals surface area contributed by atoms with Crippen molar-refractivity contribution in [3.05, 3.63) is 59.7 Å². The quantitative estimate of drug-likeness (QED) is 0.606. The normalized spacial score (nSPS) is 18.4. The second-order valence-corrected chi connectivity index (χ2v) is 8.78. The van der Waals surface area contributed by atoms with E-state index in [-0.39, 0.29) is 5.91 Å². The van der Waals surface area contributed by atoms with Gasteiger partial charge < -0.3 is 10.2 Å². The van der Waals surface area contributed by atoms with Crippen LogP contribution in [-0.4, -0.2) is 22.9 Å². The minimum atomic E-state index is 0.223. The first-order valence-corrected chi connectivity index (χ1v) is 11.5. The van der Waals surface area contributed by atoms with E-state index in [1.165, 1.54) is 44.1 Å². The Bertz CT molecular complexity index is 801. The lowest BCUT2D eigenvalue weighted by molar-refractivity contribution is 0.0449. The number of para-hydroxylation sites is 2. The number of benzene rings is 2. The fraction of sp³-hybridized carbons (Fsp3) is 0.500. The van der Waals surface area contributed by atoms with Crippen molar-refractivity contribution in [3.63, 3.8) is 0 Å². The van der Waals surface area contributed by atoms with Crippen molar-refractivity contribution < 1.29 is 4.79 Å². The maximum absolute atomic E-state index is 13.9. The monoisotopic (exact) mass is 390 g/mol. The second kappa shape index (κ2) is 9.47. The summed E-state index contributed by atoms with van der Waals surface area (Å²) in [5.41, 5.74) is 3.98. The number of hydrogen-bond donors (Lipinski definition) is 1. The van der Waals surface area contributed by atoms with E-state index in [4.69, 9.17) is 0 Å². The zero-order chi connectivity index (χ0) is 20.1. The van der Waals surface area contributed by atoms with E-state index in [1.807, 2.05) is 36.4 Å². The molecule has 3 nitrogen and oxygen atoms in total. The van der Waals surface area contributed by atoms with Crippen LogP contribution < -0.4 is 5.32 Å². The molecular formula is C26H34N2O. The van der Waals surface area contributed by atoms with Crippen molar-refractivity contribution in [2.75, 3.05) is 5.32 Å². The third-order valence-corrected chi connectivity index (χ3v) is 6.74. The predicted octanol–water partition coefficient (Wildman–Crippen LogP) is 6.85. The lowest BCUT2D eigenvalue weighted by atomic mass is 9.88. The summed E-state index contributed by atoms with van der Waals surface area (Å²) in [5.74, 6) is 0.223. The maximum atomic E-state index is 13.9.